The number of esters is 1. The van der Waals surface area contributed by atoms with Crippen molar-refractivity contribution in [3.8, 4) is 0 Å². The predicted octanol–water partition coefficient (Wildman–Crippen LogP) is 4.72. The van der Waals surface area contributed by atoms with E-state index < -0.39 is 29.1 Å². The van der Waals surface area contributed by atoms with Gasteiger partial charge in [0.25, 0.3) is 0 Å². The van der Waals surface area contributed by atoms with Crippen molar-refractivity contribution in [1.29, 1.82) is 0 Å². The fraction of sp³-hybridized carbons (Fsp3) is 0.938. The van der Waals surface area contributed by atoms with E-state index in [-0.39, 0.29) is 5.92 Å². The molecule has 4 unspecified atom stereocenters. The maximum Gasteiger partial charge on any atom is 0.428 e. The third-order valence-corrected chi connectivity index (χ3v) is 5.75. The second-order valence-electron chi connectivity index (χ2n) is 7.51. The van der Waals surface area contributed by atoms with Crippen LogP contribution in [0.3, 0.4) is 0 Å². The van der Waals surface area contributed by atoms with Crippen LogP contribution in [0.5, 0.6) is 0 Å². The van der Waals surface area contributed by atoms with Gasteiger partial charge in [-0.2, -0.15) is 13.2 Å². The lowest BCUT2D eigenvalue weighted by Crippen LogP contribution is -2.55. The maximum absolute atomic E-state index is 13.7. The van der Waals surface area contributed by atoms with Crippen molar-refractivity contribution in [3.05, 3.63) is 0 Å². The monoisotopic (exact) mass is 306 g/mol. The highest BCUT2D eigenvalue weighted by molar-refractivity contribution is 5.76. The minimum atomic E-state index is -4.53. The molecule has 0 spiro atoms. The lowest BCUT2D eigenvalue weighted by Gasteiger charge is -2.42. The maximum atomic E-state index is 13.7. The fourth-order valence-corrected chi connectivity index (χ4v) is 3.74. The van der Waals surface area contributed by atoms with E-state index in [9.17, 15) is 18.0 Å². The van der Waals surface area contributed by atoms with Gasteiger partial charge in [-0.3, -0.25) is 4.79 Å². The Hall–Kier alpha value is -0.740. The molecule has 0 N–H and O–H groups in total. The van der Waals surface area contributed by atoms with Gasteiger partial charge >= 0.3 is 12.1 Å². The number of ether oxygens (including phenoxy) is 1. The molecule has 2 nitrogen and oxygen atoms in total. The first-order valence-electron chi connectivity index (χ1n) is 7.81. The van der Waals surface area contributed by atoms with E-state index in [1.165, 1.54) is 0 Å². The molecule has 0 radical (unpaired) electrons. The summed E-state index contributed by atoms with van der Waals surface area (Å²) in [7, 11) is 0. The summed E-state index contributed by atoms with van der Waals surface area (Å²) >= 11 is 0. The summed E-state index contributed by atoms with van der Waals surface area (Å²) in [5.41, 5.74) is -3.24. The molecule has 2 aliphatic rings. The van der Waals surface area contributed by atoms with Crippen LogP contribution in [0.4, 0.5) is 13.2 Å². The van der Waals surface area contributed by atoms with Crippen LogP contribution < -0.4 is 0 Å². The van der Waals surface area contributed by atoms with Gasteiger partial charge in [0.05, 0.1) is 5.41 Å². The molecule has 122 valence electrons. The molecule has 2 bridgehead atoms. The van der Waals surface area contributed by atoms with Gasteiger partial charge in [0.1, 0.15) is 0 Å². The van der Waals surface area contributed by atoms with E-state index in [0.29, 0.717) is 18.8 Å². The minimum absolute atomic E-state index is 0.0409. The minimum Gasteiger partial charge on any atom is -0.449 e. The molecular weight excluding hydrogens is 281 g/mol. The van der Waals surface area contributed by atoms with Crippen LogP contribution in [0, 0.1) is 23.2 Å². The molecule has 0 saturated heterocycles. The SMILES string of the molecule is CCC(C)(C)C(=O)OC(C)(C1CC2CCC1C2)C(F)(F)F. The molecular formula is C16H25F3O2. The molecule has 2 fully saturated rings. The highest BCUT2D eigenvalue weighted by Crippen LogP contribution is 2.57. The normalized spacial score (nSPS) is 32.0. The molecule has 2 saturated carbocycles. The zero-order valence-corrected chi connectivity index (χ0v) is 13.2. The van der Waals surface area contributed by atoms with Crippen molar-refractivity contribution >= 4 is 5.97 Å². The van der Waals surface area contributed by atoms with Crippen LogP contribution in [0.2, 0.25) is 0 Å². The van der Waals surface area contributed by atoms with Crippen molar-refractivity contribution in [3.63, 3.8) is 0 Å². The largest absolute Gasteiger partial charge is 0.449 e. The van der Waals surface area contributed by atoms with Crippen LogP contribution in [0.15, 0.2) is 0 Å². The Morgan fingerprint density at radius 3 is 2.14 bits per heavy atom. The first kappa shape index (κ1) is 16.6. The number of alkyl halides is 3. The smallest absolute Gasteiger partial charge is 0.428 e. The average molecular weight is 306 g/mol. The van der Waals surface area contributed by atoms with E-state index in [1.54, 1.807) is 20.8 Å². The van der Waals surface area contributed by atoms with Crippen molar-refractivity contribution < 1.29 is 22.7 Å². The van der Waals surface area contributed by atoms with Crippen molar-refractivity contribution in [2.24, 2.45) is 23.2 Å². The topological polar surface area (TPSA) is 26.3 Å². The summed E-state index contributed by atoms with van der Waals surface area (Å²) in [6.07, 6.45) is -0.844. The number of carbonyl (C=O) groups excluding carboxylic acids is 1. The number of fused-ring (bicyclic) bond motifs is 2. The second-order valence-corrected chi connectivity index (χ2v) is 7.51. The molecule has 2 rings (SSSR count). The van der Waals surface area contributed by atoms with Crippen LogP contribution >= 0.6 is 0 Å². The standard InChI is InChI=1S/C16H25F3O2/c1-5-14(2,3)13(20)21-15(4,16(17,18)19)12-9-10-6-7-11(12)8-10/h10-12H,5-9H2,1-4H3. The highest BCUT2D eigenvalue weighted by Gasteiger charge is 2.64. The Morgan fingerprint density at radius 2 is 1.76 bits per heavy atom. The van der Waals surface area contributed by atoms with E-state index in [1.807, 2.05) is 0 Å². The van der Waals surface area contributed by atoms with Gasteiger partial charge in [0, 0.05) is 5.92 Å². The molecule has 2 aliphatic carbocycles. The molecule has 0 aliphatic heterocycles. The molecule has 0 aromatic carbocycles. The van der Waals surface area contributed by atoms with Crippen molar-refractivity contribution in [2.75, 3.05) is 0 Å². The third-order valence-electron chi connectivity index (χ3n) is 5.75. The highest BCUT2D eigenvalue weighted by atomic mass is 19.4. The summed E-state index contributed by atoms with van der Waals surface area (Å²) in [6.45, 7) is 6.12. The zero-order chi connectivity index (χ0) is 16.1. The number of hydrogen-bond donors (Lipinski definition) is 0. The lowest BCUT2D eigenvalue weighted by atomic mass is 9.76. The number of hydrogen-bond acceptors (Lipinski definition) is 2. The number of halogens is 3. The summed E-state index contributed by atoms with van der Waals surface area (Å²) in [5.74, 6) is -0.917. The third kappa shape index (κ3) is 2.80. The summed E-state index contributed by atoms with van der Waals surface area (Å²) in [6, 6.07) is 0. The molecule has 0 aromatic heterocycles. The van der Waals surface area contributed by atoms with E-state index in [2.05, 4.69) is 0 Å². The van der Waals surface area contributed by atoms with Gasteiger partial charge in [0.2, 0.25) is 5.60 Å². The van der Waals surface area contributed by atoms with Gasteiger partial charge < -0.3 is 4.74 Å². The molecule has 0 heterocycles. The predicted molar refractivity (Wildman–Crippen MR) is 73.6 cm³/mol. The van der Waals surface area contributed by atoms with E-state index in [0.717, 1.165) is 26.2 Å². The fourth-order valence-electron chi connectivity index (χ4n) is 3.74. The summed E-state index contributed by atoms with van der Waals surface area (Å²) in [5, 5.41) is 0. The Bertz CT molecular complexity index is 416. The molecule has 21 heavy (non-hydrogen) atoms. The Kier molecular flexibility index (Phi) is 4.09. The van der Waals surface area contributed by atoms with Crippen LogP contribution in [0.25, 0.3) is 0 Å². The number of rotatable bonds is 4. The van der Waals surface area contributed by atoms with Crippen molar-refractivity contribution in [2.45, 2.75) is 71.6 Å². The van der Waals surface area contributed by atoms with E-state index in [4.69, 9.17) is 4.74 Å². The average Bonchev–Trinajstić information content (AvgIpc) is 2.99. The van der Waals surface area contributed by atoms with Gasteiger partial charge in [-0.25, -0.2) is 0 Å². The summed E-state index contributed by atoms with van der Waals surface area (Å²) in [4.78, 5) is 12.2. The molecule has 0 amide bonds. The molecule has 4 atom stereocenters. The van der Waals surface area contributed by atoms with Crippen LogP contribution in [-0.2, 0) is 9.53 Å². The molecule has 5 heteroatoms. The van der Waals surface area contributed by atoms with Gasteiger partial charge in [-0.1, -0.05) is 13.3 Å². The Morgan fingerprint density at radius 1 is 1.14 bits per heavy atom. The van der Waals surface area contributed by atoms with E-state index >= 15 is 0 Å². The van der Waals surface area contributed by atoms with Crippen LogP contribution in [0.1, 0.15) is 59.8 Å². The zero-order valence-electron chi connectivity index (χ0n) is 13.2. The molecule has 0 aromatic rings. The number of carbonyl (C=O) groups is 1. The van der Waals surface area contributed by atoms with Gasteiger partial charge in [0.15, 0.2) is 0 Å². The summed E-state index contributed by atoms with van der Waals surface area (Å²) < 4.78 is 46.1. The van der Waals surface area contributed by atoms with Crippen LogP contribution in [-0.4, -0.2) is 17.7 Å². The Balaban J connectivity index is 2.25. The van der Waals surface area contributed by atoms with Gasteiger partial charge in [-0.05, 0) is 58.3 Å². The quantitative estimate of drug-likeness (QED) is 0.702. The first-order chi connectivity index (χ1) is 9.51. The van der Waals surface area contributed by atoms with Gasteiger partial charge in [-0.15, -0.1) is 0 Å². The second kappa shape index (κ2) is 5.17. The lowest BCUT2D eigenvalue weighted by molar-refractivity contribution is -0.288. The van der Waals surface area contributed by atoms with Crippen molar-refractivity contribution in [1.82, 2.24) is 0 Å². The first-order valence-corrected chi connectivity index (χ1v) is 7.81. The Labute approximate surface area is 124 Å².